The van der Waals surface area contributed by atoms with E-state index in [1.165, 1.54) is 11.8 Å². The molecule has 0 aliphatic carbocycles. The lowest BCUT2D eigenvalue weighted by Crippen LogP contribution is -1.84. The Kier molecular flexibility index (Phi) is 3.29. The summed E-state index contributed by atoms with van der Waals surface area (Å²) in [5.41, 5.74) is 0. The predicted molar refractivity (Wildman–Crippen MR) is 54.1 cm³/mol. The summed E-state index contributed by atoms with van der Waals surface area (Å²) >= 11 is 4.71. The highest BCUT2D eigenvalue weighted by Gasteiger charge is 2.06. The summed E-state index contributed by atoms with van der Waals surface area (Å²) in [6, 6.07) is 3.53. The zero-order chi connectivity index (χ0) is 9.14. The van der Waals surface area contributed by atoms with Crippen molar-refractivity contribution in [2.24, 2.45) is 0 Å². The van der Waals surface area contributed by atoms with Crippen LogP contribution in [0.3, 0.4) is 0 Å². The molecule has 66 valence electrons. The van der Waals surface area contributed by atoms with Crippen LogP contribution in [0.15, 0.2) is 21.5 Å². The van der Waals surface area contributed by atoms with Gasteiger partial charge in [0.1, 0.15) is 11.5 Å². The minimum absolute atomic E-state index is 0.267. The van der Waals surface area contributed by atoms with Gasteiger partial charge in [-0.3, -0.25) is 0 Å². The van der Waals surface area contributed by atoms with Gasteiger partial charge in [-0.25, -0.2) is 0 Å². The molecule has 0 saturated carbocycles. The summed E-state index contributed by atoms with van der Waals surface area (Å²) in [4.78, 5) is 0.807. The van der Waals surface area contributed by atoms with Crippen molar-refractivity contribution in [3.63, 3.8) is 0 Å². The number of phenols is 1. The third-order valence-corrected chi connectivity index (χ3v) is 2.81. The van der Waals surface area contributed by atoms with Gasteiger partial charge in [0, 0.05) is 0 Å². The van der Waals surface area contributed by atoms with Gasteiger partial charge in [0.15, 0.2) is 0 Å². The van der Waals surface area contributed by atoms with E-state index in [-0.39, 0.29) is 5.75 Å². The van der Waals surface area contributed by atoms with Crippen molar-refractivity contribution in [3.05, 3.63) is 16.6 Å². The maximum Gasteiger partial charge on any atom is 0.143 e. The summed E-state index contributed by atoms with van der Waals surface area (Å²) in [5.74, 6) is 1.01. The van der Waals surface area contributed by atoms with Crippen LogP contribution >= 0.6 is 27.7 Å². The summed E-state index contributed by atoms with van der Waals surface area (Å²) in [6.45, 7) is 0. The SMILES string of the molecule is COc1cc(Br)c(O)c(SC)c1. The summed E-state index contributed by atoms with van der Waals surface area (Å²) in [7, 11) is 1.60. The molecule has 0 bridgehead atoms. The molecule has 0 fully saturated rings. The molecule has 0 aromatic heterocycles. The number of methoxy groups -OCH3 is 1. The Morgan fingerprint density at radius 2 is 2.17 bits per heavy atom. The van der Waals surface area contributed by atoms with Crippen molar-refractivity contribution in [2.45, 2.75) is 4.90 Å². The van der Waals surface area contributed by atoms with Crippen LogP contribution < -0.4 is 4.74 Å². The van der Waals surface area contributed by atoms with Crippen LogP contribution in [0.25, 0.3) is 0 Å². The Labute approximate surface area is 84.1 Å². The molecular weight excluding hydrogens is 240 g/mol. The van der Waals surface area contributed by atoms with E-state index >= 15 is 0 Å². The van der Waals surface area contributed by atoms with E-state index in [0.717, 1.165) is 10.6 Å². The second kappa shape index (κ2) is 4.05. The van der Waals surface area contributed by atoms with Gasteiger partial charge < -0.3 is 9.84 Å². The highest BCUT2D eigenvalue weighted by Crippen LogP contribution is 2.37. The first-order valence-electron chi connectivity index (χ1n) is 3.29. The van der Waals surface area contributed by atoms with Crippen LogP contribution in [-0.2, 0) is 0 Å². The van der Waals surface area contributed by atoms with Gasteiger partial charge in [0.2, 0.25) is 0 Å². The third kappa shape index (κ3) is 1.87. The predicted octanol–water partition coefficient (Wildman–Crippen LogP) is 2.89. The van der Waals surface area contributed by atoms with Gasteiger partial charge in [-0.1, -0.05) is 0 Å². The minimum Gasteiger partial charge on any atom is -0.506 e. The largest absolute Gasteiger partial charge is 0.506 e. The van der Waals surface area contributed by atoms with Crippen LogP contribution in [0.2, 0.25) is 0 Å². The number of rotatable bonds is 2. The highest BCUT2D eigenvalue weighted by molar-refractivity contribution is 9.10. The average molecular weight is 249 g/mol. The molecule has 0 saturated heterocycles. The molecule has 1 rings (SSSR count). The Morgan fingerprint density at radius 1 is 1.50 bits per heavy atom. The average Bonchev–Trinajstić information content (AvgIpc) is 2.09. The molecule has 0 aliphatic rings. The lowest BCUT2D eigenvalue weighted by Gasteiger charge is -2.06. The Morgan fingerprint density at radius 3 is 2.67 bits per heavy atom. The fourth-order valence-electron chi connectivity index (χ4n) is 0.824. The fraction of sp³-hybridized carbons (Fsp3) is 0.250. The zero-order valence-electron chi connectivity index (χ0n) is 6.80. The Hall–Kier alpha value is -0.350. The maximum absolute atomic E-state index is 9.49. The molecule has 4 heteroatoms. The normalized spacial score (nSPS) is 9.92. The highest BCUT2D eigenvalue weighted by atomic mass is 79.9. The quantitative estimate of drug-likeness (QED) is 0.817. The molecule has 1 N–H and O–H groups in total. The van der Waals surface area contributed by atoms with Crippen LogP contribution in [-0.4, -0.2) is 18.5 Å². The van der Waals surface area contributed by atoms with Crippen molar-refractivity contribution in [2.75, 3.05) is 13.4 Å². The third-order valence-electron chi connectivity index (χ3n) is 1.46. The number of phenolic OH excluding ortho intramolecular Hbond substituents is 1. The zero-order valence-corrected chi connectivity index (χ0v) is 9.20. The van der Waals surface area contributed by atoms with E-state index in [2.05, 4.69) is 15.9 Å². The van der Waals surface area contributed by atoms with Crippen LogP contribution in [0.5, 0.6) is 11.5 Å². The van der Waals surface area contributed by atoms with Crippen LogP contribution in [0.1, 0.15) is 0 Å². The first-order valence-corrected chi connectivity index (χ1v) is 5.31. The lowest BCUT2D eigenvalue weighted by atomic mass is 10.3. The molecule has 0 spiro atoms. The second-order valence-corrected chi connectivity index (χ2v) is 3.86. The van der Waals surface area contributed by atoms with Crippen molar-refractivity contribution in [1.82, 2.24) is 0 Å². The minimum atomic E-state index is 0.267. The van der Waals surface area contributed by atoms with E-state index in [1.54, 1.807) is 19.2 Å². The lowest BCUT2D eigenvalue weighted by molar-refractivity contribution is 0.408. The van der Waals surface area contributed by atoms with Gasteiger partial charge in [0.05, 0.1) is 16.5 Å². The van der Waals surface area contributed by atoms with E-state index in [9.17, 15) is 5.11 Å². The van der Waals surface area contributed by atoms with Crippen molar-refractivity contribution in [3.8, 4) is 11.5 Å². The smallest absolute Gasteiger partial charge is 0.143 e. The molecule has 0 unspecified atom stereocenters. The summed E-state index contributed by atoms with van der Waals surface area (Å²) in [6.07, 6.45) is 1.90. The van der Waals surface area contributed by atoms with Crippen LogP contribution in [0, 0.1) is 0 Å². The number of hydrogen-bond acceptors (Lipinski definition) is 3. The van der Waals surface area contributed by atoms with E-state index in [1.807, 2.05) is 6.26 Å². The molecule has 0 amide bonds. The van der Waals surface area contributed by atoms with E-state index < -0.39 is 0 Å². The molecule has 0 heterocycles. The van der Waals surface area contributed by atoms with Gasteiger partial charge >= 0.3 is 0 Å². The fourth-order valence-corrected chi connectivity index (χ4v) is 1.93. The second-order valence-electron chi connectivity index (χ2n) is 2.16. The molecule has 2 nitrogen and oxygen atoms in total. The standard InChI is InChI=1S/C8H9BrO2S/c1-11-5-3-6(9)8(10)7(4-5)12-2/h3-4,10H,1-2H3. The Bertz CT molecular complexity index is 289. The molecule has 0 radical (unpaired) electrons. The Balaban J connectivity index is 3.19. The molecule has 1 aromatic rings. The first kappa shape index (κ1) is 9.74. The monoisotopic (exact) mass is 248 g/mol. The maximum atomic E-state index is 9.49. The number of halogens is 1. The number of ether oxygens (including phenoxy) is 1. The van der Waals surface area contributed by atoms with E-state index in [4.69, 9.17) is 4.74 Å². The number of thioether (sulfide) groups is 1. The van der Waals surface area contributed by atoms with Crippen LogP contribution in [0.4, 0.5) is 0 Å². The number of aromatic hydroxyl groups is 1. The molecule has 0 atom stereocenters. The first-order chi connectivity index (χ1) is 5.69. The number of hydrogen-bond donors (Lipinski definition) is 1. The molecule has 1 aromatic carbocycles. The van der Waals surface area contributed by atoms with Crippen molar-refractivity contribution < 1.29 is 9.84 Å². The number of benzene rings is 1. The topological polar surface area (TPSA) is 29.5 Å². The summed E-state index contributed by atoms with van der Waals surface area (Å²) in [5, 5.41) is 9.49. The van der Waals surface area contributed by atoms with Gasteiger partial charge in [0.25, 0.3) is 0 Å². The summed E-state index contributed by atoms with van der Waals surface area (Å²) < 4.78 is 5.70. The van der Waals surface area contributed by atoms with Gasteiger partial charge in [-0.05, 0) is 34.3 Å². The molecular formula is C8H9BrO2S. The van der Waals surface area contributed by atoms with Gasteiger partial charge in [-0.2, -0.15) is 0 Å². The van der Waals surface area contributed by atoms with E-state index in [0.29, 0.717) is 4.47 Å². The molecule has 0 aliphatic heterocycles. The van der Waals surface area contributed by atoms with Crippen molar-refractivity contribution >= 4 is 27.7 Å². The van der Waals surface area contributed by atoms with Gasteiger partial charge in [-0.15, -0.1) is 11.8 Å². The van der Waals surface area contributed by atoms with Crippen molar-refractivity contribution in [1.29, 1.82) is 0 Å². The molecule has 12 heavy (non-hydrogen) atoms.